The van der Waals surface area contributed by atoms with Crippen LogP contribution in [0.25, 0.3) is 22.6 Å². The topological polar surface area (TPSA) is 78.3 Å². The van der Waals surface area contributed by atoms with Crippen LogP contribution in [0.1, 0.15) is 5.56 Å². The van der Waals surface area contributed by atoms with Crippen molar-refractivity contribution < 1.29 is 9.31 Å². The van der Waals surface area contributed by atoms with Gasteiger partial charge in [-0.2, -0.15) is 9.49 Å². The van der Waals surface area contributed by atoms with Crippen LogP contribution in [-0.2, 0) is 0 Å². The summed E-state index contributed by atoms with van der Waals surface area (Å²) in [6.45, 7) is 1.71. The van der Waals surface area contributed by atoms with Crippen molar-refractivity contribution in [3.05, 3.63) is 76.6 Å². The first kappa shape index (κ1) is 15.0. The Balaban J connectivity index is 1.89. The number of imidazole rings is 1. The number of benzene rings is 1. The number of fused-ring (bicyclic) bond motifs is 1. The molecular formula is C17H12FN5O2. The SMILES string of the molecule is Cc1cc(F)c([N+](=O)[O-])cc1-n1ccn2nc(-c3cccnc3)cc12. The Morgan fingerprint density at radius 2 is 2.08 bits per heavy atom. The van der Waals surface area contributed by atoms with Crippen LogP contribution in [0.3, 0.4) is 0 Å². The molecule has 0 atom stereocenters. The van der Waals surface area contributed by atoms with Gasteiger partial charge in [-0.3, -0.25) is 19.7 Å². The largest absolute Gasteiger partial charge is 0.306 e. The number of hydrogen-bond donors (Lipinski definition) is 0. The van der Waals surface area contributed by atoms with Gasteiger partial charge in [-0.05, 0) is 30.7 Å². The normalized spacial score (nSPS) is 11.1. The van der Waals surface area contributed by atoms with E-state index in [1.54, 1.807) is 40.8 Å². The Labute approximate surface area is 141 Å². The summed E-state index contributed by atoms with van der Waals surface area (Å²) in [6.07, 6.45) is 6.86. The van der Waals surface area contributed by atoms with Gasteiger partial charge in [-0.1, -0.05) is 0 Å². The van der Waals surface area contributed by atoms with Crippen LogP contribution in [0.15, 0.2) is 55.1 Å². The van der Waals surface area contributed by atoms with Gasteiger partial charge >= 0.3 is 5.69 Å². The highest BCUT2D eigenvalue weighted by molar-refractivity contribution is 5.66. The van der Waals surface area contributed by atoms with Gasteiger partial charge in [0.2, 0.25) is 5.82 Å². The summed E-state index contributed by atoms with van der Waals surface area (Å²) in [5.74, 6) is -0.848. The first-order valence-corrected chi connectivity index (χ1v) is 7.46. The molecule has 0 radical (unpaired) electrons. The molecule has 8 heteroatoms. The smallest absolute Gasteiger partial charge is 0.300 e. The molecule has 0 unspecified atom stereocenters. The third kappa shape index (κ3) is 2.44. The molecule has 0 N–H and O–H groups in total. The molecule has 4 rings (SSSR count). The summed E-state index contributed by atoms with van der Waals surface area (Å²) in [5, 5.41) is 15.5. The maximum Gasteiger partial charge on any atom is 0.306 e. The Hall–Kier alpha value is -3.55. The van der Waals surface area contributed by atoms with E-state index in [0.29, 0.717) is 16.9 Å². The molecule has 3 heterocycles. The monoisotopic (exact) mass is 337 g/mol. The lowest BCUT2D eigenvalue weighted by Crippen LogP contribution is -2.00. The third-order valence-electron chi connectivity index (χ3n) is 4.00. The highest BCUT2D eigenvalue weighted by Crippen LogP contribution is 2.27. The van der Waals surface area contributed by atoms with E-state index in [-0.39, 0.29) is 0 Å². The minimum Gasteiger partial charge on any atom is -0.300 e. The minimum absolute atomic E-state index is 0.528. The van der Waals surface area contributed by atoms with Gasteiger partial charge in [0.25, 0.3) is 0 Å². The highest BCUT2D eigenvalue weighted by Gasteiger charge is 2.19. The van der Waals surface area contributed by atoms with Crippen molar-refractivity contribution in [2.24, 2.45) is 0 Å². The van der Waals surface area contributed by atoms with E-state index < -0.39 is 16.4 Å². The van der Waals surface area contributed by atoms with Crippen LogP contribution >= 0.6 is 0 Å². The van der Waals surface area contributed by atoms with E-state index in [9.17, 15) is 14.5 Å². The number of nitrogens with zero attached hydrogens (tertiary/aromatic N) is 5. The summed E-state index contributed by atoms with van der Waals surface area (Å²) in [4.78, 5) is 14.4. The standard InChI is InChI=1S/C17H12FN5O2/c1-11-7-13(18)16(23(24)25)9-15(11)21-5-6-22-17(21)8-14(20-22)12-3-2-4-19-10-12/h2-10H,1H3. The second-order valence-electron chi connectivity index (χ2n) is 5.59. The average Bonchev–Trinajstić information content (AvgIpc) is 3.16. The molecule has 0 saturated heterocycles. The number of nitro groups is 1. The number of rotatable bonds is 3. The number of nitro benzene ring substituents is 1. The lowest BCUT2D eigenvalue weighted by Gasteiger charge is -2.08. The fourth-order valence-corrected chi connectivity index (χ4v) is 2.79. The van der Waals surface area contributed by atoms with Gasteiger partial charge < -0.3 is 0 Å². The van der Waals surface area contributed by atoms with Crippen molar-refractivity contribution in [3.8, 4) is 16.9 Å². The molecule has 4 aromatic rings. The van der Waals surface area contributed by atoms with Gasteiger partial charge in [0.05, 0.1) is 16.3 Å². The molecule has 25 heavy (non-hydrogen) atoms. The fourth-order valence-electron chi connectivity index (χ4n) is 2.79. The molecule has 0 aliphatic carbocycles. The van der Waals surface area contributed by atoms with E-state index in [4.69, 9.17) is 0 Å². The predicted octanol–water partition coefficient (Wildman–Crippen LogP) is 3.54. The number of hydrogen-bond acceptors (Lipinski definition) is 4. The summed E-state index contributed by atoms with van der Waals surface area (Å²) in [6, 6.07) is 7.98. The van der Waals surface area contributed by atoms with Crippen molar-refractivity contribution in [1.82, 2.24) is 19.2 Å². The van der Waals surface area contributed by atoms with Gasteiger partial charge in [0, 0.05) is 42.5 Å². The zero-order chi connectivity index (χ0) is 17.6. The molecule has 0 amide bonds. The Morgan fingerprint density at radius 1 is 1.24 bits per heavy atom. The molecule has 7 nitrogen and oxygen atoms in total. The molecule has 0 fully saturated rings. The second kappa shape index (κ2) is 5.52. The number of aromatic nitrogens is 4. The van der Waals surface area contributed by atoms with Gasteiger partial charge in [-0.15, -0.1) is 0 Å². The summed E-state index contributed by atoms with van der Waals surface area (Å²) in [5.41, 5.74) is 2.86. The molecule has 1 aromatic carbocycles. The molecule has 0 aliphatic rings. The number of halogens is 1. The van der Waals surface area contributed by atoms with E-state index in [1.165, 1.54) is 12.1 Å². The lowest BCUT2D eigenvalue weighted by molar-refractivity contribution is -0.387. The lowest BCUT2D eigenvalue weighted by atomic mass is 10.1. The summed E-state index contributed by atoms with van der Waals surface area (Å²) >= 11 is 0. The first-order valence-electron chi connectivity index (χ1n) is 7.46. The van der Waals surface area contributed by atoms with E-state index in [2.05, 4.69) is 10.1 Å². The van der Waals surface area contributed by atoms with Gasteiger partial charge in [0.1, 0.15) is 5.65 Å². The van der Waals surface area contributed by atoms with Crippen molar-refractivity contribution >= 4 is 11.3 Å². The van der Waals surface area contributed by atoms with E-state index in [0.717, 1.165) is 11.3 Å². The number of aryl methyl sites for hydroxylation is 1. The Morgan fingerprint density at radius 3 is 2.80 bits per heavy atom. The van der Waals surface area contributed by atoms with Gasteiger partial charge in [-0.25, -0.2) is 4.52 Å². The van der Waals surface area contributed by atoms with Crippen molar-refractivity contribution in [2.75, 3.05) is 0 Å². The van der Waals surface area contributed by atoms with Crippen molar-refractivity contribution in [1.29, 1.82) is 0 Å². The van der Waals surface area contributed by atoms with Crippen LogP contribution in [0, 0.1) is 22.9 Å². The van der Waals surface area contributed by atoms with Crippen LogP contribution in [0.5, 0.6) is 0 Å². The predicted molar refractivity (Wildman–Crippen MR) is 89.1 cm³/mol. The molecule has 3 aromatic heterocycles. The molecule has 0 spiro atoms. The van der Waals surface area contributed by atoms with Crippen LogP contribution in [0.4, 0.5) is 10.1 Å². The first-order chi connectivity index (χ1) is 12.0. The van der Waals surface area contributed by atoms with Crippen LogP contribution in [-0.4, -0.2) is 24.1 Å². The minimum atomic E-state index is -0.848. The Kier molecular flexibility index (Phi) is 3.31. The summed E-state index contributed by atoms with van der Waals surface area (Å²) < 4.78 is 17.2. The maximum absolute atomic E-state index is 13.8. The average molecular weight is 337 g/mol. The van der Waals surface area contributed by atoms with E-state index in [1.807, 2.05) is 18.2 Å². The number of pyridine rings is 1. The van der Waals surface area contributed by atoms with Crippen molar-refractivity contribution in [3.63, 3.8) is 0 Å². The third-order valence-corrected chi connectivity index (χ3v) is 4.00. The van der Waals surface area contributed by atoms with Crippen LogP contribution < -0.4 is 0 Å². The fraction of sp³-hybridized carbons (Fsp3) is 0.0588. The maximum atomic E-state index is 13.8. The second-order valence-corrected chi connectivity index (χ2v) is 5.59. The van der Waals surface area contributed by atoms with E-state index >= 15 is 0 Å². The molecule has 0 aliphatic heterocycles. The Bertz CT molecular complexity index is 1100. The van der Waals surface area contributed by atoms with Gasteiger partial charge in [0.15, 0.2) is 0 Å². The van der Waals surface area contributed by atoms with Crippen LogP contribution in [0.2, 0.25) is 0 Å². The molecular weight excluding hydrogens is 325 g/mol. The molecule has 124 valence electrons. The highest BCUT2D eigenvalue weighted by atomic mass is 19.1. The zero-order valence-corrected chi connectivity index (χ0v) is 13.1. The quantitative estimate of drug-likeness (QED) is 0.423. The van der Waals surface area contributed by atoms with Crippen molar-refractivity contribution in [2.45, 2.75) is 6.92 Å². The molecule has 0 bridgehead atoms. The zero-order valence-electron chi connectivity index (χ0n) is 13.1. The summed E-state index contributed by atoms with van der Waals surface area (Å²) in [7, 11) is 0. The molecule has 0 saturated carbocycles.